The Morgan fingerprint density at radius 1 is 1.00 bits per heavy atom. The van der Waals surface area contributed by atoms with Crippen LogP contribution in [-0.4, -0.2) is 19.1 Å². The molecule has 0 saturated heterocycles. The predicted octanol–water partition coefficient (Wildman–Crippen LogP) is 5.23. The Bertz CT molecular complexity index is 832. The SMILES string of the molecule is CN(C)c1ccc(/C=C\c2ccnc3ccccc23)cc1Br. The van der Waals surface area contributed by atoms with Crippen molar-refractivity contribution in [2.24, 2.45) is 0 Å². The number of nitrogens with zero attached hydrogens (tertiary/aromatic N) is 2. The highest BCUT2D eigenvalue weighted by molar-refractivity contribution is 9.10. The lowest BCUT2D eigenvalue weighted by Crippen LogP contribution is -2.09. The first-order chi connectivity index (χ1) is 10.6. The lowest BCUT2D eigenvalue weighted by Gasteiger charge is -2.14. The Kier molecular flexibility index (Phi) is 4.25. The van der Waals surface area contributed by atoms with E-state index in [0.29, 0.717) is 0 Å². The third-order valence-electron chi connectivity index (χ3n) is 3.59. The first kappa shape index (κ1) is 14.8. The van der Waals surface area contributed by atoms with E-state index in [1.165, 1.54) is 22.2 Å². The van der Waals surface area contributed by atoms with Gasteiger partial charge in [-0.2, -0.15) is 0 Å². The number of hydrogen-bond donors (Lipinski definition) is 0. The van der Waals surface area contributed by atoms with E-state index in [1.54, 1.807) is 0 Å². The molecule has 0 atom stereocenters. The minimum absolute atomic E-state index is 1.02. The molecule has 3 rings (SSSR count). The van der Waals surface area contributed by atoms with Gasteiger partial charge in [0, 0.05) is 30.2 Å². The first-order valence-electron chi connectivity index (χ1n) is 7.14. The fraction of sp³-hybridized carbons (Fsp3) is 0.105. The zero-order valence-corrected chi connectivity index (χ0v) is 14.2. The van der Waals surface area contributed by atoms with Gasteiger partial charge in [-0.25, -0.2) is 0 Å². The van der Waals surface area contributed by atoms with Crippen LogP contribution < -0.4 is 4.90 Å². The van der Waals surface area contributed by atoms with Crippen LogP contribution in [0.15, 0.2) is 59.2 Å². The zero-order valence-electron chi connectivity index (χ0n) is 12.6. The van der Waals surface area contributed by atoms with Gasteiger partial charge in [0.25, 0.3) is 0 Å². The molecule has 0 aliphatic rings. The van der Waals surface area contributed by atoms with E-state index in [2.05, 4.69) is 62.2 Å². The van der Waals surface area contributed by atoms with Crippen molar-refractivity contribution in [1.82, 2.24) is 4.98 Å². The number of halogens is 1. The van der Waals surface area contributed by atoms with Gasteiger partial charge >= 0.3 is 0 Å². The third kappa shape index (κ3) is 3.04. The second kappa shape index (κ2) is 6.32. The Balaban J connectivity index is 1.95. The summed E-state index contributed by atoms with van der Waals surface area (Å²) in [6, 6.07) is 16.6. The molecule has 110 valence electrons. The molecule has 0 saturated carbocycles. The van der Waals surface area contributed by atoms with Crippen molar-refractivity contribution in [2.75, 3.05) is 19.0 Å². The Labute approximate surface area is 139 Å². The molecule has 2 nitrogen and oxygen atoms in total. The summed E-state index contributed by atoms with van der Waals surface area (Å²) in [6.07, 6.45) is 6.13. The van der Waals surface area contributed by atoms with E-state index in [-0.39, 0.29) is 0 Å². The molecular weight excluding hydrogens is 336 g/mol. The highest BCUT2D eigenvalue weighted by Crippen LogP contribution is 2.27. The van der Waals surface area contributed by atoms with Crippen LogP contribution in [0.25, 0.3) is 23.1 Å². The van der Waals surface area contributed by atoms with Crippen molar-refractivity contribution < 1.29 is 0 Å². The van der Waals surface area contributed by atoms with Crippen molar-refractivity contribution in [3.63, 3.8) is 0 Å². The van der Waals surface area contributed by atoms with Gasteiger partial charge in [0.15, 0.2) is 0 Å². The molecule has 0 bridgehead atoms. The van der Waals surface area contributed by atoms with Crippen molar-refractivity contribution in [2.45, 2.75) is 0 Å². The smallest absolute Gasteiger partial charge is 0.0707 e. The zero-order chi connectivity index (χ0) is 15.5. The van der Waals surface area contributed by atoms with Gasteiger partial charge < -0.3 is 4.90 Å². The molecule has 1 heterocycles. The maximum Gasteiger partial charge on any atom is 0.0707 e. The summed E-state index contributed by atoms with van der Waals surface area (Å²) < 4.78 is 1.10. The minimum Gasteiger partial charge on any atom is -0.377 e. The topological polar surface area (TPSA) is 16.1 Å². The van der Waals surface area contributed by atoms with Crippen LogP contribution in [0.3, 0.4) is 0 Å². The average molecular weight is 353 g/mol. The number of para-hydroxylation sites is 1. The Hall–Kier alpha value is -2.13. The number of aromatic nitrogens is 1. The van der Waals surface area contributed by atoms with Gasteiger partial charge in [-0.3, -0.25) is 4.98 Å². The van der Waals surface area contributed by atoms with Crippen LogP contribution in [-0.2, 0) is 0 Å². The summed E-state index contributed by atoms with van der Waals surface area (Å²) in [4.78, 5) is 6.49. The predicted molar refractivity (Wildman–Crippen MR) is 99.1 cm³/mol. The quantitative estimate of drug-likeness (QED) is 0.641. The maximum absolute atomic E-state index is 4.40. The third-order valence-corrected chi connectivity index (χ3v) is 4.23. The van der Waals surface area contributed by atoms with Crippen LogP contribution >= 0.6 is 15.9 Å². The molecule has 0 aliphatic heterocycles. The summed E-state index contributed by atoms with van der Waals surface area (Å²) in [5, 5.41) is 1.17. The van der Waals surface area contributed by atoms with Crippen LogP contribution in [0, 0.1) is 0 Å². The number of benzene rings is 2. The van der Waals surface area contributed by atoms with E-state index >= 15 is 0 Å². The van der Waals surface area contributed by atoms with Crippen LogP contribution in [0.4, 0.5) is 5.69 Å². The summed E-state index contributed by atoms with van der Waals surface area (Å²) in [7, 11) is 4.08. The maximum atomic E-state index is 4.40. The van der Waals surface area contributed by atoms with Gasteiger partial charge in [0.2, 0.25) is 0 Å². The minimum atomic E-state index is 1.02. The normalized spacial score (nSPS) is 11.2. The largest absolute Gasteiger partial charge is 0.377 e. The van der Waals surface area contributed by atoms with E-state index in [4.69, 9.17) is 0 Å². The van der Waals surface area contributed by atoms with Crippen LogP contribution in [0.2, 0.25) is 0 Å². The van der Waals surface area contributed by atoms with Gasteiger partial charge in [-0.1, -0.05) is 36.4 Å². The molecule has 0 fully saturated rings. The number of fused-ring (bicyclic) bond motifs is 1. The molecule has 0 amide bonds. The van der Waals surface area contributed by atoms with Crippen molar-refractivity contribution in [1.29, 1.82) is 0 Å². The highest BCUT2D eigenvalue weighted by Gasteiger charge is 2.02. The molecule has 0 radical (unpaired) electrons. The van der Waals surface area contributed by atoms with Gasteiger partial charge in [0.05, 0.1) is 11.2 Å². The molecule has 3 aromatic rings. The van der Waals surface area contributed by atoms with E-state index in [0.717, 1.165) is 9.99 Å². The molecule has 22 heavy (non-hydrogen) atoms. The monoisotopic (exact) mass is 352 g/mol. The van der Waals surface area contributed by atoms with Crippen LogP contribution in [0.1, 0.15) is 11.1 Å². The van der Waals surface area contributed by atoms with Crippen molar-refractivity contribution in [3.05, 3.63) is 70.3 Å². The molecule has 1 aromatic heterocycles. The highest BCUT2D eigenvalue weighted by atomic mass is 79.9. The number of anilines is 1. The molecule has 0 N–H and O–H groups in total. The number of hydrogen-bond acceptors (Lipinski definition) is 2. The summed E-state index contributed by atoms with van der Waals surface area (Å²) in [5.74, 6) is 0. The van der Waals surface area contributed by atoms with Gasteiger partial charge in [-0.15, -0.1) is 0 Å². The summed E-state index contributed by atoms with van der Waals surface area (Å²) in [5.41, 5.74) is 4.54. The average Bonchev–Trinajstić information content (AvgIpc) is 2.52. The second-order valence-corrected chi connectivity index (χ2v) is 6.21. The Morgan fingerprint density at radius 3 is 2.59 bits per heavy atom. The van der Waals surface area contributed by atoms with E-state index in [1.807, 2.05) is 44.6 Å². The molecule has 0 aliphatic carbocycles. The van der Waals surface area contributed by atoms with Gasteiger partial charge in [0.1, 0.15) is 0 Å². The molecular formula is C19H17BrN2. The van der Waals surface area contributed by atoms with Gasteiger partial charge in [-0.05, 0) is 51.3 Å². The summed E-state index contributed by atoms with van der Waals surface area (Å²) in [6.45, 7) is 0. The number of pyridine rings is 1. The summed E-state index contributed by atoms with van der Waals surface area (Å²) >= 11 is 3.63. The molecule has 0 spiro atoms. The molecule has 3 heteroatoms. The van der Waals surface area contributed by atoms with E-state index in [9.17, 15) is 0 Å². The van der Waals surface area contributed by atoms with Crippen molar-refractivity contribution in [3.8, 4) is 0 Å². The lowest BCUT2D eigenvalue weighted by molar-refractivity contribution is 1.12. The fourth-order valence-electron chi connectivity index (χ4n) is 2.44. The first-order valence-corrected chi connectivity index (χ1v) is 7.93. The Morgan fingerprint density at radius 2 is 1.82 bits per heavy atom. The van der Waals surface area contributed by atoms with Crippen LogP contribution in [0.5, 0.6) is 0 Å². The number of rotatable bonds is 3. The van der Waals surface area contributed by atoms with Crippen molar-refractivity contribution >= 4 is 44.7 Å². The van der Waals surface area contributed by atoms with E-state index < -0.39 is 0 Å². The molecule has 2 aromatic carbocycles. The molecule has 0 unspecified atom stereocenters. The second-order valence-electron chi connectivity index (χ2n) is 5.36. The standard InChI is InChI=1S/C19H17BrN2/c1-22(2)19-10-8-14(13-17(19)20)7-9-15-11-12-21-18-6-4-3-5-16(15)18/h3-13H,1-2H3/b9-7-. The fourth-order valence-corrected chi connectivity index (χ4v) is 3.19. The lowest BCUT2D eigenvalue weighted by atomic mass is 10.1.